The molecule has 7 heteroatoms. The van der Waals surface area contributed by atoms with Crippen LogP contribution in [0.1, 0.15) is 21.7 Å². The molecule has 0 aliphatic rings. The summed E-state index contributed by atoms with van der Waals surface area (Å²) in [6.07, 6.45) is -2.59. The number of halogens is 3. The lowest BCUT2D eigenvalue weighted by atomic mass is 10.2. The van der Waals surface area contributed by atoms with E-state index in [1.54, 1.807) is 6.07 Å². The summed E-state index contributed by atoms with van der Waals surface area (Å²) in [7, 11) is 1.48. The van der Waals surface area contributed by atoms with Gasteiger partial charge in [0, 0.05) is 35.2 Å². The Balaban J connectivity index is 2.38. The van der Waals surface area contributed by atoms with Crippen molar-refractivity contribution in [2.24, 2.45) is 0 Å². The SMILES string of the molecule is COCCN(CC(F)F)C(=O)c1cc(C)n(-c2cccc(Br)c2)c1C. The normalized spacial score (nSPS) is 11.2. The lowest BCUT2D eigenvalue weighted by Crippen LogP contribution is -2.37. The summed E-state index contributed by atoms with van der Waals surface area (Å²) in [6, 6.07) is 9.43. The predicted octanol–water partition coefficient (Wildman–Crippen LogP) is 4.21. The molecule has 0 aliphatic carbocycles. The van der Waals surface area contributed by atoms with Crippen LogP contribution in [0.5, 0.6) is 0 Å². The number of alkyl halides is 2. The molecule has 0 spiro atoms. The van der Waals surface area contributed by atoms with Gasteiger partial charge in [0.05, 0.1) is 18.7 Å². The summed E-state index contributed by atoms with van der Waals surface area (Å²) >= 11 is 3.44. The van der Waals surface area contributed by atoms with Crippen LogP contribution in [0.4, 0.5) is 8.78 Å². The van der Waals surface area contributed by atoms with Gasteiger partial charge < -0.3 is 14.2 Å². The number of aryl methyl sites for hydroxylation is 1. The van der Waals surface area contributed by atoms with Crippen LogP contribution in [-0.2, 0) is 4.74 Å². The summed E-state index contributed by atoms with van der Waals surface area (Å²) < 4.78 is 33.5. The number of methoxy groups -OCH3 is 1. The number of aromatic nitrogens is 1. The fraction of sp³-hybridized carbons (Fsp3) is 0.389. The van der Waals surface area contributed by atoms with Gasteiger partial charge in [0.1, 0.15) is 0 Å². The molecule has 4 nitrogen and oxygen atoms in total. The van der Waals surface area contributed by atoms with Crippen LogP contribution in [0.2, 0.25) is 0 Å². The van der Waals surface area contributed by atoms with E-state index >= 15 is 0 Å². The Morgan fingerprint density at radius 1 is 1.32 bits per heavy atom. The van der Waals surface area contributed by atoms with E-state index in [2.05, 4.69) is 15.9 Å². The van der Waals surface area contributed by atoms with E-state index in [0.717, 1.165) is 26.4 Å². The van der Waals surface area contributed by atoms with Gasteiger partial charge in [0.2, 0.25) is 0 Å². The van der Waals surface area contributed by atoms with E-state index in [0.29, 0.717) is 5.56 Å². The van der Waals surface area contributed by atoms with Crippen molar-refractivity contribution in [2.75, 3.05) is 26.8 Å². The maximum atomic E-state index is 12.8. The molecular formula is C18H21BrF2N2O2. The van der Waals surface area contributed by atoms with E-state index in [1.165, 1.54) is 7.11 Å². The second kappa shape index (κ2) is 8.58. The predicted molar refractivity (Wildman–Crippen MR) is 96.7 cm³/mol. The van der Waals surface area contributed by atoms with E-state index in [-0.39, 0.29) is 13.2 Å². The molecule has 0 atom stereocenters. The number of hydrogen-bond donors (Lipinski definition) is 0. The van der Waals surface area contributed by atoms with E-state index in [1.807, 2.05) is 42.7 Å². The van der Waals surface area contributed by atoms with Crippen molar-refractivity contribution in [3.05, 3.63) is 51.8 Å². The molecule has 0 unspecified atom stereocenters. The number of benzene rings is 1. The largest absolute Gasteiger partial charge is 0.383 e. The van der Waals surface area contributed by atoms with Gasteiger partial charge in [0.25, 0.3) is 12.3 Å². The first-order chi connectivity index (χ1) is 11.8. The Morgan fingerprint density at radius 3 is 2.64 bits per heavy atom. The molecule has 0 bridgehead atoms. The van der Waals surface area contributed by atoms with E-state index < -0.39 is 18.9 Å². The molecule has 1 heterocycles. The van der Waals surface area contributed by atoms with Crippen molar-refractivity contribution in [3.63, 3.8) is 0 Å². The summed E-state index contributed by atoms with van der Waals surface area (Å²) in [6.45, 7) is 3.43. The maximum absolute atomic E-state index is 12.8. The number of nitrogens with zero attached hydrogens (tertiary/aromatic N) is 2. The molecule has 0 saturated heterocycles. The first-order valence-electron chi connectivity index (χ1n) is 7.86. The molecule has 0 fully saturated rings. The Bertz CT molecular complexity index is 747. The van der Waals surface area contributed by atoms with Gasteiger partial charge in [0.15, 0.2) is 0 Å². The molecule has 2 aromatic rings. The molecule has 0 aliphatic heterocycles. The minimum absolute atomic E-state index is 0.125. The number of hydrogen-bond acceptors (Lipinski definition) is 2. The molecule has 0 N–H and O–H groups in total. The molecular weight excluding hydrogens is 394 g/mol. The number of rotatable bonds is 7. The average Bonchev–Trinajstić information content (AvgIpc) is 2.85. The van der Waals surface area contributed by atoms with E-state index in [4.69, 9.17) is 4.74 Å². The highest BCUT2D eigenvalue weighted by Gasteiger charge is 2.24. The van der Waals surface area contributed by atoms with Crippen LogP contribution in [0.25, 0.3) is 5.69 Å². The van der Waals surface area contributed by atoms with Gasteiger partial charge in [-0.15, -0.1) is 0 Å². The molecule has 2 rings (SSSR count). The second-order valence-electron chi connectivity index (χ2n) is 5.74. The van der Waals surface area contributed by atoms with Crippen molar-refractivity contribution in [2.45, 2.75) is 20.3 Å². The smallest absolute Gasteiger partial charge is 0.255 e. The summed E-state index contributed by atoms with van der Waals surface area (Å²) in [5, 5.41) is 0. The molecule has 1 aromatic carbocycles. The number of carbonyl (C=O) groups is 1. The Morgan fingerprint density at radius 2 is 2.04 bits per heavy atom. The van der Waals surface area contributed by atoms with Gasteiger partial charge in [-0.3, -0.25) is 4.79 Å². The quantitative estimate of drug-likeness (QED) is 0.679. The number of amides is 1. The first kappa shape index (κ1) is 19.6. The van der Waals surface area contributed by atoms with Crippen LogP contribution in [0.15, 0.2) is 34.8 Å². The fourth-order valence-corrected chi connectivity index (χ4v) is 3.19. The van der Waals surface area contributed by atoms with Gasteiger partial charge in [-0.05, 0) is 38.1 Å². The zero-order valence-electron chi connectivity index (χ0n) is 14.4. The second-order valence-corrected chi connectivity index (χ2v) is 6.65. The molecule has 0 saturated carbocycles. The lowest BCUT2D eigenvalue weighted by Gasteiger charge is -2.22. The third-order valence-corrected chi connectivity index (χ3v) is 4.43. The molecule has 136 valence electrons. The summed E-state index contributed by atoms with van der Waals surface area (Å²) in [5.74, 6) is -0.410. The third-order valence-electron chi connectivity index (χ3n) is 3.94. The van der Waals surface area contributed by atoms with Crippen LogP contribution >= 0.6 is 15.9 Å². The zero-order chi connectivity index (χ0) is 18.6. The van der Waals surface area contributed by atoms with Crippen molar-refractivity contribution < 1.29 is 18.3 Å². The van der Waals surface area contributed by atoms with Crippen molar-refractivity contribution in [1.29, 1.82) is 0 Å². The highest BCUT2D eigenvalue weighted by molar-refractivity contribution is 9.10. The van der Waals surface area contributed by atoms with Crippen molar-refractivity contribution in [3.8, 4) is 5.69 Å². The monoisotopic (exact) mass is 414 g/mol. The summed E-state index contributed by atoms with van der Waals surface area (Å²) in [5.41, 5.74) is 2.91. The highest BCUT2D eigenvalue weighted by atomic mass is 79.9. The van der Waals surface area contributed by atoms with E-state index in [9.17, 15) is 13.6 Å². The molecule has 0 radical (unpaired) electrons. The van der Waals surface area contributed by atoms with Gasteiger partial charge in [-0.1, -0.05) is 22.0 Å². The summed E-state index contributed by atoms with van der Waals surface area (Å²) in [4.78, 5) is 13.9. The standard InChI is InChI=1S/C18H21BrF2N2O2/c1-12-9-16(18(24)22(7-8-25-3)11-17(20)21)13(2)23(12)15-6-4-5-14(19)10-15/h4-6,9-10,17H,7-8,11H2,1-3H3. The average molecular weight is 415 g/mol. The van der Waals surface area contributed by atoms with Crippen LogP contribution in [-0.4, -0.2) is 48.6 Å². The Hall–Kier alpha value is -1.73. The fourth-order valence-electron chi connectivity index (χ4n) is 2.81. The molecule has 1 aromatic heterocycles. The zero-order valence-corrected chi connectivity index (χ0v) is 16.0. The van der Waals surface area contributed by atoms with Crippen molar-refractivity contribution in [1.82, 2.24) is 9.47 Å². The van der Waals surface area contributed by atoms with Gasteiger partial charge in [-0.25, -0.2) is 8.78 Å². The van der Waals surface area contributed by atoms with Gasteiger partial charge >= 0.3 is 0 Å². The van der Waals surface area contributed by atoms with Crippen LogP contribution < -0.4 is 0 Å². The number of carbonyl (C=O) groups excluding carboxylic acids is 1. The number of ether oxygens (including phenoxy) is 1. The van der Waals surface area contributed by atoms with Crippen molar-refractivity contribution >= 4 is 21.8 Å². The Kier molecular flexibility index (Phi) is 6.72. The minimum atomic E-state index is -2.59. The maximum Gasteiger partial charge on any atom is 0.255 e. The van der Waals surface area contributed by atoms with Gasteiger partial charge in [-0.2, -0.15) is 0 Å². The third kappa shape index (κ3) is 4.67. The highest BCUT2D eigenvalue weighted by Crippen LogP contribution is 2.24. The topological polar surface area (TPSA) is 34.5 Å². The first-order valence-corrected chi connectivity index (χ1v) is 8.65. The Labute approximate surface area is 154 Å². The van der Waals surface area contributed by atoms with Crippen LogP contribution in [0, 0.1) is 13.8 Å². The molecule has 1 amide bonds. The minimum Gasteiger partial charge on any atom is -0.383 e. The molecule has 25 heavy (non-hydrogen) atoms. The lowest BCUT2D eigenvalue weighted by molar-refractivity contribution is 0.0477. The van der Waals surface area contributed by atoms with Crippen LogP contribution in [0.3, 0.4) is 0 Å².